The first-order chi connectivity index (χ1) is 14.2. The van der Waals surface area contributed by atoms with Gasteiger partial charge >= 0.3 is 0 Å². The van der Waals surface area contributed by atoms with Gasteiger partial charge in [0.25, 0.3) is 0 Å². The fraction of sp³-hybridized carbons (Fsp3) is 0.0435. The van der Waals surface area contributed by atoms with E-state index in [1.54, 1.807) is 11.3 Å². The molecule has 4 rings (SSSR count). The molecule has 29 heavy (non-hydrogen) atoms. The topological polar surface area (TPSA) is 45.9 Å². The third kappa shape index (κ3) is 4.93. The van der Waals surface area contributed by atoms with Gasteiger partial charge in [-0.25, -0.2) is 4.98 Å². The third-order valence-electron chi connectivity index (χ3n) is 4.12. The minimum absolute atomic E-state index is 0.450. The largest absolute Gasteiger partial charge is 0.489 e. The van der Waals surface area contributed by atoms with Gasteiger partial charge in [-0.15, -0.1) is 22.7 Å². The molecule has 0 aliphatic carbocycles. The zero-order valence-corrected chi connectivity index (χ0v) is 17.6. The van der Waals surface area contributed by atoms with Crippen molar-refractivity contribution < 1.29 is 4.74 Å². The molecule has 142 valence electrons. The van der Waals surface area contributed by atoms with Crippen LogP contribution in [0.2, 0.25) is 5.02 Å². The van der Waals surface area contributed by atoms with E-state index >= 15 is 0 Å². The highest BCUT2D eigenvalue weighted by molar-refractivity contribution is 7.14. The van der Waals surface area contributed by atoms with Crippen LogP contribution in [0, 0.1) is 11.3 Å². The maximum Gasteiger partial charge on any atom is 0.134 e. The molecule has 0 saturated heterocycles. The van der Waals surface area contributed by atoms with E-state index in [1.165, 1.54) is 11.3 Å². The molecule has 2 aromatic heterocycles. The molecule has 0 radical (unpaired) electrons. The Hall–Kier alpha value is -2.91. The molecule has 0 aliphatic heterocycles. The predicted octanol–water partition coefficient (Wildman–Crippen LogP) is 7.17. The minimum Gasteiger partial charge on any atom is -0.489 e. The molecule has 4 aromatic rings. The van der Waals surface area contributed by atoms with Crippen LogP contribution in [-0.2, 0) is 6.61 Å². The number of nitriles is 1. The summed E-state index contributed by atoms with van der Waals surface area (Å²) in [6.07, 6.45) is 1.84. The van der Waals surface area contributed by atoms with Crippen LogP contribution in [0.1, 0.15) is 16.1 Å². The molecule has 0 saturated carbocycles. The Morgan fingerprint density at radius 1 is 1.10 bits per heavy atom. The van der Waals surface area contributed by atoms with Crippen LogP contribution in [0.15, 0.2) is 71.4 Å². The van der Waals surface area contributed by atoms with E-state index in [2.05, 4.69) is 11.1 Å². The van der Waals surface area contributed by atoms with Gasteiger partial charge in [0.2, 0.25) is 0 Å². The molecule has 0 unspecified atom stereocenters. The van der Waals surface area contributed by atoms with Crippen molar-refractivity contribution in [2.24, 2.45) is 0 Å². The third-order valence-corrected chi connectivity index (χ3v) is 6.14. The smallest absolute Gasteiger partial charge is 0.134 e. The van der Waals surface area contributed by atoms with Crippen LogP contribution >= 0.6 is 34.3 Å². The lowest BCUT2D eigenvalue weighted by atomic mass is 10.1. The zero-order chi connectivity index (χ0) is 20.1. The number of benzene rings is 2. The lowest BCUT2D eigenvalue weighted by molar-refractivity contribution is 0.306. The van der Waals surface area contributed by atoms with E-state index in [0.29, 0.717) is 22.2 Å². The Labute approximate surface area is 182 Å². The molecule has 0 spiro atoms. The van der Waals surface area contributed by atoms with Crippen molar-refractivity contribution in [1.29, 1.82) is 5.26 Å². The van der Waals surface area contributed by atoms with Crippen molar-refractivity contribution in [2.75, 3.05) is 0 Å². The Morgan fingerprint density at radius 2 is 1.97 bits per heavy atom. The Bertz CT molecular complexity index is 1170. The van der Waals surface area contributed by atoms with Gasteiger partial charge in [-0.1, -0.05) is 41.9 Å². The first kappa shape index (κ1) is 19.4. The van der Waals surface area contributed by atoms with Gasteiger partial charge in [0.1, 0.15) is 23.4 Å². The van der Waals surface area contributed by atoms with E-state index in [-0.39, 0.29) is 0 Å². The number of hydrogen-bond acceptors (Lipinski definition) is 5. The average molecular weight is 435 g/mol. The number of thiazole rings is 1. The molecule has 2 aromatic carbocycles. The summed E-state index contributed by atoms with van der Waals surface area (Å²) >= 11 is 9.03. The Kier molecular flexibility index (Phi) is 6.06. The molecule has 6 heteroatoms. The number of halogens is 1. The lowest BCUT2D eigenvalue weighted by Crippen LogP contribution is -1.95. The van der Waals surface area contributed by atoms with E-state index in [9.17, 15) is 5.26 Å². The monoisotopic (exact) mass is 434 g/mol. The predicted molar refractivity (Wildman–Crippen MR) is 121 cm³/mol. The number of hydrogen-bond donors (Lipinski definition) is 0. The summed E-state index contributed by atoms with van der Waals surface area (Å²) in [5.41, 5.74) is 3.37. The summed E-state index contributed by atoms with van der Waals surface area (Å²) in [4.78, 5) is 5.72. The second-order valence-corrected chi connectivity index (χ2v) is 8.41. The van der Waals surface area contributed by atoms with E-state index in [0.717, 1.165) is 27.4 Å². The van der Waals surface area contributed by atoms with Crippen molar-refractivity contribution in [3.05, 3.63) is 92.6 Å². The van der Waals surface area contributed by atoms with Gasteiger partial charge in [0.15, 0.2) is 0 Å². The summed E-state index contributed by atoms with van der Waals surface area (Å²) < 4.78 is 5.88. The molecule has 2 heterocycles. The molecule has 0 bridgehead atoms. The molecule has 0 fully saturated rings. The van der Waals surface area contributed by atoms with Crippen LogP contribution in [0.5, 0.6) is 5.75 Å². The van der Waals surface area contributed by atoms with E-state index < -0.39 is 0 Å². The first-order valence-electron chi connectivity index (χ1n) is 8.80. The standard InChI is InChI=1S/C23H15ClN2OS2/c24-19-8-6-16(7-9-19)14-27-20-4-1-3-17(12-20)11-18(13-25)23-26-21(15-29-23)22-5-2-10-28-22/h1-12,15H,14H2/b18-11-. The Morgan fingerprint density at radius 3 is 2.72 bits per heavy atom. The van der Waals surface area contributed by atoms with Crippen molar-refractivity contribution in [1.82, 2.24) is 4.98 Å². The highest BCUT2D eigenvalue weighted by Gasteiger charge is 2.10. The van der Waals surface area contributed by atoms with Gasteiger partial charge in [0.05, 0.1) is 16.1 Å². The van der Waals surface area contributed by atoms with Crippen LogP contribution in [-0.4, -0.2) is 4.98 Å². The molecular formula is C23H15ClN2OS2. The summed E-state index contributed by atoms with van der Waals surface area (Å²) in [5, 5.41) is 15.1. The van der Waals surface area contributed by atoms with Crippen LogP contribution in [0.25, 0.3) is 22.2 Å². The second-order valence-electron chi connectivity index (χ2n) is 6.17. The normalized spacial score (nSPS) is 11.2. The summed E-state index contributed by atoms with van der Waals surface area (Å²) in [6.45, 7) is 0.450. The second kappa shape index (κ2) is 9.06. The number of thiophene rings is 1. The molecule has 0 atom stereocenters. The maximum atomic E-state index is 9.63. The van der Waals surface area contributed by atoms with Gasteiger partial charge in [-0.3, -0.25) is 0 Å². The van der Waals surface area contributed by atoms with Gasteiger partial charge < -0.3 is 4.74 Å². The number of nitrogens with zero attached hydrogens (tertiary/aromatic N) is 2. The Balaban J connectivity index is 1.51. The SMILES string of the molecule is N#C/C(=C/c1cccc(OCc2ccc(Cl)cc2)c1)c1nc(-c2cccs2)cs1. The van der Waals surface area contributed by atoms with Crippen molar-refractivity contribution in [3.8, 4) is 22.4 Å². The fourth-order valence-corrected chi connectivity index (χ4v) is 4.36. The number of ether oxygens (including phenoxy) is 1. The number of allylic oxidation sites excluding steroid dienone is 1. The zero-order valence-electron chi connectivity index (χ0n) is 15.2. The summed E-state index contributed by atoms with van der Waals surface area (Å²) in [7, 11) is 0. The van der Waals surface area contributed by atoms with Crippen molar-refractivity contribution in [2.45, 2.75) is 6.61 Å². The lowest BCUT2D eigenvalue weighted by Gasteiger charge is -2.07. The van der Waals surface area contributed by atoms with E-state index in [1.807, 2.05) is 77.5 Å². The highest BCUT2D eigenvalue weighted by atomic mass is 35.5. The van der Waals surface area contributed by atoms with Crippen LogP contribution in [0.3, 0.4) is 0 Å². The fourth-order valence-electron chi connectivity index (χ4n) is 2.68. The minimum atomic E-state index is 0.450. The van der Waals surface area contributed by atoms with Crippen molar-refractivity contribution >= 4 is 45.9 Å². The van der Waals surface area contributed by atoms with Crippen LogP contribution < -0.4 is 4.74 Å². The van der Waals surface area contributed by atoms with Gasteiger partial charge in [0, 0.05) is 10.4 Å². The summed E-state index contributed by atoms with van der Waals surface area (Å²) in [5.74, 6) is 0.740. The van der Waals surface area contributed by atoms with E-state index in [4.69, 9.17) is 16.3 Å². The highest BCUT2D eigenvalue weighted by Crippen LogP contribution is 2.30. The molecular weight excluding hydrogens is 420 g/mol. The van der Waals surface area contributed by atoms with Gasteiger partial charge in [-0.2, -0.15) is 5.26 Å². The first-order valence-corrected chi connectivity index (χ1v) is 10.9. The number of aromatic nitrogens is 1. The molecule has 0 amide bonds. The van der Waals surface area contributed by atoms with Crippen LogP contribution in [0.4, 0.5) is 0 Å². The average Bonchev–Trinajstić information content (AvgIpc) is 3.44. The molecule has 0 aliphatic rings. The van der Waals surface area contributed by atoms with Crippen molar-refractivity contribution in [3.63, 3.8) is 0 Å². The molecule has 3 nitrogen and oxygen atoms in total. The quantitative estimate of drug-likeness (QED) is 0.302. The number of rotatable bonds is 6. The van der Waals surface area contributed by atoms with Gasteiger partial charge in [-0.05, 0) is 52.9 Å². The molecule has 0 N–H and O–H groups in total. The summed E-state index contributed by atoms with van der Waals surface area (Å²) in [6, 6.07) is 21.5. The maximum absolute atomic E-state index is 9.63.